The molecule has 0 bridgehead atoms. The molecule has 1 aromatic carbocycles. The molecule has 0 amide bonds. The van der Waals surface area contributed by atoms with Gasteiger partial charge in [-0.25, -0.2) is 14.5 Å². The molecule has 4 aromatic rings. The predicted octanol–water partition coefficient (Wildman–Crippen LogP) is 5.26. The number of carbonyl (C=O) groups is 1. The number of fused-ring (bicyclic) bond motifs is 2. The maximum absolute atomic E-state index is 12.1. The number of H-pyrrole nitrogens is 1. The standard InChI is InChI=1S/C28H29N5O2/c1-2-35-28(34)18-14-16-19(17-15-18)33-25-13-6-4-9-21(25)27(32-33)24-12-7-11-23(29-24)26-20-8-3-5-10-22(20)30-31-26/h7,11-12,14-17H,2-6,8-10,13H2,1H3,(H,30,31). The van der Waals surface area contributed by atoms with Crippen LogP contribution in [0.5, 0.6) is 0 Å². The number of pyridine rings is 1. The topological polar surface area (TPSA) is 85.7 Å². The lowest BCUT2D eigenvalue weighted by molar-refractivity contribution is 0.0526. The van der Waals surface area contributed by atoms with Crippen LogP contribution in [0.15, 0.2) is 42.5 Å². The summed E-state index contributed by atoms with van der Waals surface area (Å²) in [6.45, 7) is 2.18. The fraction of sp³-hybridized carbons (Fsp3) is 0.357. The van der Waals surface area contributed by atoms with Gasteiger partial charge in [-0.1, -0.05) is 6.07 Å². The van der Waals surface area contributed by atoms with Crippen LogP contribution in [0, 0.1) is 0 Å². The third-order valence-corrected chi connectivity index (χ3v) is 7.09. The number of ether oxygens (including phenoxy) is 1. The van der Waals surface area contributed by atoms with Crippen LogP contribution in [0.4, 0.5) is 0 Å². The quantitative estimate of drug-likeness (QED) is 0.405. The number of carbonyl (C=O) groups excluding carboxylic acids is 1. The monoisotopic (exact) mass is 467 g/mol. The zero-order valence-electron chi connectivity index (χ0n) is 20.0. The molecule has 0 saturated carbocycles. The minimum Gasteiger partial charge on any atom is -0.462 e. The van der Waals surface area contributed by atoms with Crippen molar-refractivity contribution in [3.63, 3.8) is 0 Å². The van der Waals surface area contributed by atoms with Crippen molar-refractivity contribution in [3.8, 4) is 28.5 Å². The molecule has 0 fully saturated rings. The number of nitrogens with zero attached hydrogens (tertiary/aromatic N) is 4. The normalized spacial score (nSPS) is 14.9. The molecule has 3 aromatic heterocycles. The molecule has 6 rings (SSSR count). The number of aromatic amines is 1. The Morgan fingerprint density at radius 3 is 2.43 bits per heavy atom. The maximum Gasteiger partial charge on any atom is 0.338 e. The summed E-state index contributed by atoms with van der Waals surface area (Å²) in [5.74, 6) is -0.302. The first-order valence-electron chi connectivity index (χ1n) is 12.6. The molecule has 0 radical (unpaired) electrons. The number of aryl methyl sites for hydroxylation is 1. The van der Waals surface area contributed by atoms with E-state index in [9.17, 15) is 4.79 Å². The second kappa shape index (κ2) is 9.13. The van der Waals surface area contributed by atoms with Crippen molar-refractivity contribution >= 4 is 5.97 Å². The lowest BCUT2D eigenvalue weighted by Crippen LogP contribution is -2.08. The van der Waals surface area contributed by atoms with E-state index in [2.05, 4.69) is 16.3 Å². The van der Waals surface area contributed by atoms with Crippen molar-refractivity contribution < 1.29 is 9.53 Å². The Morgan fingerprint density at radius 1 is 0.914 bits per heavy atom. The smallest absolute Gasteiger partial charge is 0.338 e. The number of hydrogen-bond acceptors (Lipinski definition) is 5. The molecular weight excluding hydrogens is 438 g/mol. The summed E-state index contributed by atoms with van der Waals surface area (Å²) in [6.07, 6.45) is 8.81. The van der Waals surface area contributed by atoms with E-state index in [1.54, 1.807) is 0 Å². The van der Waals surface area contributed by atoms with Crippen LogP contribution >= 0.6 is 0 Å². The second-order valence-electron chi connectivity index (χ2n) is 9.30. The zero-order valence-corrected chi connectivity index (χ0v) is 20.0. The van der Waals surface area contributed by atoms with Gasteiger partial charge in [0, 0.05) is 22.5 Å². The van der Waals surface area contributed by atoms with Crippen LogP contribution < -0.4 is 0 Å². The van der Waals surface area contributed by atoms with Crippen molar-refractivity contribution in [2.75, 3.05) is 6.61 Å². The van der Waals surface area contributed by atoms with Crippen LogP contribution in [0.25, 0.3) is 28.5 Å². The Kier molecular flexibility index (Phi) is 5.68. The van der Waals surface area contributed by atoms with E-state index in [4.69, 9.17) is 14.8 Å². The molecule has 7 heteroatoms. The summed E-state index contributed by atoms with van der Waals surface area (Å²) in [5.41, 5.74) is 10.3. The van der Waals surface area contributed by atoms with Gasteiger partial charge in [-0.3, -0.25) is 5.10 Å². The number of esters is 1. The fourth-order valence-electron chi connectivity index (χ4n) is 5.36. The lowest BCUT2D eigenvalue weighted by Gasteiger charge is -2.14. The molecule has 1 N–H and O–H groups in total. The molecule has 0 spiro atoms. The van der Waals surface area contributed by atoms with E-state index in [1.165, 1.54) is 35.4 Å². The third-order valence-electron chi connectivity index (χ3n) is 7.09. The minimum atomic E-state index is -0.302. The van der Waals surface area contributed by atoms with Crippen LogP contribution in [0.2, 0.25) is 0 Å². The highest BCUT2D eigenvalue weighted by atomic mass is 16.5. The van der Waals surface area contributed by atoms with Crippen LogP contribution in [-0.4, -0.2) is 37.5 Å². The van der Waals surface area contributed by atoms with Gasteiger partial charge in [0.15, 0.2) is 0 Å². The van der Waals surface area contributed by atoms with Gasteiger partial charge < -0.3 is 4.74 Å². The first-order valence-corrected chi connectivity index (χ1v) is 12.6. The molecule has 0 saturated heterocycles. The second-order valence-corrected chi connectivity index (χ2v) is 9.30. The molecule has 0 atom stereocenters. The summed E-state index contributed by atoms with van der Waals surface area (Å²) in [6, 6.07) is 13.7. The summed E-state index contributed by atoms with van der Waals surface area (Å²) < 4.78 is 7.16. The molecule has 35 heavy (non-hydrogen) atoms. The average Bonchev–Trinajstić information content (AvgIpc) is 3.51. The molecule has 2 aliphatic carbocycles. The third kappa shape index (κ3) is 3.95. The van der Waals surface area contributed by atoms with Crippen LogP contribution in [-0.2, 0) is 30.4 Å². The van der Waals surface area contributed by atoms with Gasteiger partial charge in [-0.2, -0.15) is 10.2 Å². The Hall–Kier alpha value is -3.74. The van der Waals surface area contributed by atoms with E-state index in [0.717, 1.165) is 67.0 Å². The molecule has 0 aliphatic heterocycles. The Balaban J connectivity index is 1.39. The maximum atomic E-state index is 12.1. The molecule has 3 heterocycles. The van der Waals surface area contributed by atoms with Gasteiger partial charge in [-0.05, 0) is 94.7 Å². The van der Waals surface area contributed by atoms with Gasteiger partial charge in [0.1, 0.15) is 11.4 Å². The summed E-state index contributed by atoms with van der Waals surface area (Å²) >= 11 is 0. The van der Waals surface area contributed by atoms with Gasteiger partial charge in [0.05, 0.1) is 29.2 Å². The largest absolute Gasteiger partial charge is 0.462 e. The predicted molar refractivity (Wildman–Crippen MR) is 134 cm³/mol. The highest BCUT2D eigenvalue weighted by Crippen LogP contribution is 2.34. The van der Waals surface area contributed by atoms with Crippen molar-refractivity contribution in [2.24, 2.45) is 0 Å². The number of rotatable bonds is 5. The molecule has 2 aliphatic rings. The van der Waals surface area contributed by atoms with E-state index >= 15 is 0 Å². The summed E-state index contributed by atoms with van der Waals surface area (Å²) in [5, 5.41) is 12.9. The number of aromatic nitrogens is 5. The van der Waals surface area contributed by atoms with Gasteiger partial charge in [0.2, 0.25) is 0 Å². The molecular formula is C28H29N5O2. The van der Waals surface area contributed by atoms with E-state index in [-0.39, 0.29) is 5.97 Å². The number of benzene rings is 1. The highest BCUT2D eigenvalue weighted by Gasteiger charge is 2.25. The molecule has 178 valence electrons. The van der Waals surface area contributed by atoms with Gasteiger partial charge in [-0.15, -0.1) is 0 Å². The summed E-state index contributed by atoms with van der Waals surface area (Å²) in [4.78, 5) is 17.1. The van der Waals surface area contributed by atoms with E-state index in [0.29, 0.717) is 12.2 Å². The first kappa shape index (κ1) is 21.8. The Bertz CT molecular complexity index is 1380. The minimum absolute atomic E-state index is 0.302. The van der Waals surface area contributed by atoms with E-state index < -0.39 is 0 Å². The average molecular weight is 468 g/mol. The van der Waals surface area contributed by atoms with Crippen molar-refractivity contribution in [1.82, 2.24) is 25.0 Å². The van der Waals surface area contributed by atoms with Crippen molar-refractivity contribution in [1.29, 1.82) is 0 Å². The highest BCUT2D eigenvalue weighted by molar-refractivity contribution is 5.89. The van der Waals surface area contributed by atoms with Crippen LogP contribution in [0.3, 0.4) is 0 Å². The van der Waals surface area contributed by atoms with Crippen LogP contribution in [0.1, 0.15) is 65.5 Å². The lowest BCUT2D eigenvalue weighted by atomic mass is 9.94. The van der Waals surface area contributed by atoms with Crippen molar-refractivity contribution in [2.45, 2.75) is 58.3 Å². The fourth-order valence-corrected chi connectivity index (χ4v) is 5.36. The Morgan fingerprint density at radius 2 is 1.63 bits per heavy atom. The van der Waals surface area contributed by atoms with Crippen molar-refractivity contribution in [3.05, 3.63) is 70.5 Å². The summed E-state index contributed by atoms with van der Waals surface area (Å²) in [7, 11) is 0. The van der Waals surface area contributed by atoms with E-state index in [1.807, 2.05) is 48.0 Å². The number of hydrogen-bond donors (Lipinski definition) is 1. The molecule has 0 unspecified atom stereocenters. The Labute approximate surface area is 204 Å². The zero-order chi connectivity index (χ0) is 23.8. The molecule has 7 nitrogen and oxygen atoms in total. The SMILES string of the molecule is CCOC(=O)c1ccc(-n2nc(-c3cccc(-c4n[nH]c5c4CCCC5)n3)c3c2CCCC3)cc1. The first-order chi connectivity index (χ1) is 17.2. The number of nitrogens with one attached hydrogen (secondary N) is 1. The van der Waals surface area contributed by atoms with Gasteiger partial charge >= 0.3 is 5.97 Å². The van der Waals surface area contributed by atoms with Gasteiger partial charge in [0.25, 0.3) is 0 Å².